The second-order valence-electron chi connectivity index (χ2n) is 36.0. The van der Waals surface area contributed by atoms with Gasteiger partial charge >= 0.3 is 17.9 Å². The summed E-state index contributed by atoms with van der Waals surface area (Å²) in [5, 5.41) is 128. The number of amides is 15. The highest BCUT2D eigenvalue weighted by atomic mass is 16.5. The molecule has 0 bridgehead atoms. The lowest BCUT2D eigenvalue weighted by atomic mass is 10.0. The van der Waals surface area contributed by atoms with Crippen molar-refractivity contribution in [1.82, 2.24) is 110 Å². The highest BCUT2D eigenvalue weighted by molar-refractivity contribution is 6.01. The molecule has 2 aromatic heterocycles. The van der Waals surface area contributed by atoms with Gasteiger partial charge in [-0.15, -0.1) is 0 Å². The summed E-state index contributed by atoms with van der Waals surface area (Å²) >= 11 is 0. The molecule has 1 saturated heterocycles. The number of aliphatic carboxylic acids is 3. The van der Waals surface area contributed by atoms with E-state index in [2.05, 4.69) is 100 Å². The zero-order chi connectivity index (χ0) is 109. The number of aromatic nitrogens is 3. The zero-order valence-electron chi connectivity index (χ0n) is 84.4. The van der Waals surface area contributed by atoms with Crippen LogP contribution in [0.2, 0.25) is 0 Å². The smallest absolute Gasteiger partial charge is 0.317 e. The number of likely N-dealkylation sites (tertiary alicyclic amines) is 1. The number of para-hydroxylation sites is 1. The minimum absolute atomic E-state index is 0.0201. The number of unbranched alkanes of at least 4 members (excludes halogenated alkanes) is 14. The highest BCUT2D eigenvalue weighted by Gasteiger charge is 2.42. The number of aldehydes is 1. The van der Waals surface area contributed by atoms with Gasteiger partial charge in [-0.05, 0) is 102 Å². The average molecular weight is 2100 g/mol. The molecule has 4 aromatic rings. The average Bonchev–Trinajstić information content (AvgIpc) is 1.72. The molecule has 0 radical (unpaired) electrons. The number of carboxylic acid groups (broad SMARTS) is 3. The van der Waals surface area contributed by atoms with Gasteiger partial charge in [-0.3, -0.25) is 96.6 Å². The van der Waals surface area contributed by atoms with Crippen LogP contribution in [0, 0.1) is 5.41 Å². The topological polar surface area (TPSA) is 798 Å². The number of hydrogen-bond acceptors (Lipinski definition) is 30. The van der Waals surface area contributed by atoms with E-state index in [1.807, 2.05) is 0 Å². The number of carbonyl (C=O) groups excluding carboxylic acids is 16. The van der Waals surface area contributed by atoms with E-state index in [1.54, 1.807) is 67.8 Å². The summed E-state index contributed by atoms with van der Waals surface area (Å²) < 4.78 is 11.0. The van der Waals surface area contributed by atoms with Crippen LogP contribution >= 0.6 is 0 Å². The van der Waals surface area contributed by atoms with Crippen molar-refractivity contribution in [3.63, 3.8) is 0 Å². The van der Waals surface area contributed by atoms with Gasteiger partial charge in [0.1, 0.15) is 84.8 Å². The van der Waals surface area contributed by atoms with E-state index >= 15 is 14.4 Å². The van der Waals surface area contributed by atoms with Crippen LogP contribution in [0.1, 0.15) is 184 Å². The van der Waals surface area contributed by atoms with Crippen LogP contribution in [0.25, 0.3) is 10.9 Å². The molecule has 2 aromatic carbocycles. The van der Waals surface area contributed by atoms with Crippen molar-refractivity contribution >= 4 is 130 Å². The Morgan fingerprint density at radius 1 is 0.456 bits per heavy atom. The number of carboxylic acids is 3. The number of aliphatic hydroxyl groups excluding tert-OH is 5. The van der Waals surface area contributed by atoms with Gasteiger partial charge in [-0.25, -0.2) is 4.98 Å². The second kappa shape index (κ2) is 71.7. The lowest BCUT2D eigenvalue weighted by molar-refractivity contribution is -0.143. The minimum atomic E-state index is -2.08. The maximum atomic E-state index is 15.1. The van der Waals surface area contributed by atoms with Crippen LogP contribution in [0.15, 0.2) is 73.3 Å². The van der Waals surface area contributed by atoms with E-state index in [-0.39, 0.29) is 142 Å². The Hall–Kier alpha value is -13.8. The summed E-state index contributed by atoms with van der Waals surface area (Å²) in [5.41, 5.74) is 7.57. The molecule has 15 amide bonds. The number of benzene rings is 2. The Morgan fingerprint density at radius 3 is 1.38 bits per heavy atom. The van der Waals surface area contributed by atoms with Gasteiger partial charge in [-0.2, -0.15) is 0 Å². The van der Waals surface area contributed by atoms with E-state index in [4.69, 9.17) is 25.7 Å². The SMILES string of the molecule is CNCCC(NC(C)=O)C(=O)NC(Cc1cnc[nH]1)C(=O)NC(Cc1ccccc1)C(=O)NC(CCCNC(=N)N)C(=O)NC(Cc1c[nH]c2ccccc12)C(=O)NC(CC=O)C(=O)N1CCCC1C(=O)NC(CO)C(=O)NC(CO)C(=O)NC(CO)C(=O)NC(CCCCN(CC(=O)O)CC(=O)O)C(=O)NC(CO)C(=O)NC(CO)C(=O)NCCOCCOCCNC(=O)CCCCCCCCCCCCCCCCC(=O)O. The number of rotatable bonds is 80. The number of nitrogens with zero attached hydrogens (tertiary/aromatic N) is 3. The predicted octanol–water partition coefficient (Wildman–Crippen LogP) is -5.60. The Labute approximate surface area is 862 Å². The summed E-state index contributed by atoms with van der Waals surface area (Å²) in [6, 6.07) is -6.82. The number of fused-ring (bicyclic) bond motifs is 1. The van der Waals surface area contributed by atoms with Crippen molar-refractivity contribution in [2.75, 3.05) is 119 Å². The molecule has 13 unspecified atom stereocenters. The first-order valence-electron chi connectivity index (χ1n) is 50.3. The molecule has 29 N–H and O–H groups in total. The number of imidazole rings is 1. The van der Waals surface area contributed by atoms with Gasteiger partial charge in [0, 0.05) is 101 Å². The molecule has 52 heteroatoms. The standard InChI is InChI=1S/C97H151N23O29/c1-61(127)107-69(35-38-100-2)87(138)113-73(50-64-52-101-60-106-64)90(141)111-71(48-62-26-16-15-17-27-62)88(139)108-68(31-24-37-104-97(98)99)85(136)112-72(49-63-51-105-66-29-21-20-28-65(63)66)89(140)110-70(36-43-121)96(147)120-42-25-32-79(120)95(146)118-78(59-126)94(145)117-77(58-125)93(144)116-75(56-123)91(142)109-67(30-22-23-41-119(53-82(131)132)54-83(133)134)86(137)115-76(57-124)92(143)114-74(55-122)84(135)103-40-45-149-47-46-148-44-39-102-80(128)33-18-13-11-9-7-5-3-4-6-8-10-12-14-19-34-81(129)130/h15-17,20-21,26-29,43,51-52,60,67-79,100,105,122-126H,3-14,18-19,22-25,30-42,44-50,53-59H2,1-2H3,(H,101,106)(H,102,128)(H,103,135)(H,107,127)(H,108,139)(H,109,142)(H,110,140)(H,111,141)(H,112,136)(H,113,138)(H,114,143)(H,115,137)(H,116,144)(H,117,145)(H,118,146)(H,129,130)(H,131,132)(H,133,134)(H4,98,99,104). The molecule has 0 spiro atoms. The molecule has 52 nitrogen and oxygen atoms in total. The summed E-state index contributed by atoms with van der Waals surface area (Å²) in [6.45, 7) is -5.78. The molecule has 1 fully saturated rings. The molecule has 149 heavy (non-hydrogen) atoms. The normalized spacial score (nSPS) is 14.6. The molecule has 0 aliphatic carbocycles. The fourth-order valence-corrected chi connectivity index (χ4v) is 16.3. The van der Waals surface area contributed by atoms with Gasteiger partial charge < -0.3 is 161 Å². The number of aromatic amines is 2. The van der Waals surface area contributed by atoms with Gasteiger partial charge in [0.05, 0.1) is 78.9 Å². The number of hydrogen-bond donors (Lipinski definition) is 28. The third-order valence-electron chi connectivity index (χ3n) is 24.2. The number of nitrogens with one attached hydrogen (secondary N) is 19. The maximum absolute atomic E-state index is 15.1. The van der Waals surface area contributed by atoms with E-state index in [1.165, 1.54) is 51.6 Å². The quantitative estimate of drug-likeness (QED) is 0.00848. The molecule has 13 atom stereocenters. The van der Waals surface area contributed by atoms with E-state index < -0.39 is 244 Å². The van der Waals surface area contributed by atoms with Crippen LogP contribution in [0.5, 0.6) is 0 Å². The third-order valence-corrected chi connectivity index (χ3v) is 24.2. The van der Waals surface area contributed by atoms with Crippen molar-refractivity contribution in [2.24, 2.45) is 5.73 Å². The van der Waals surface area contributed by atoms with Gasteiger partial charge in [0.2, 0.25) is 88.6 Å². The Kier molecular flexibility index (Phi) is 60.5. The molecular weight excluding hydrogens is 1950 g/mol. The third kappa shape index (κ3) is 49.3. The van der Waals surface area contributed by atoms with Crippen molar-refractivity contribution < 1.29 is 141 Å². The highest BCUT2D eigenvalue weighted by Crippen LogP contribution is 2.24. The molecule has 828 valence electrons. The molecule has 3 heterocycles. The van der Waals surface area contributed by atoms with E-state index in [0.717, 1.165) is 67.6 Å². The predicted molar refractivity (Wildman–Crippen MR) is 537 cm³/mol. The Morgan fingerprint density at radius 2 is 0.893 bits per heavy atom. The molecule has 0 saturated carbocycles. The number of guanidine groups is 1. The fourth-order valence-electron chi connectivity index (χ4n) is 16.3. The molecule has 1 aliphatic heterocycles. The van der Waals surface area contributed by atoms with Crippen molar-refractivity contribution in [1.29, 1.82) is 5.41 Å². The van der Waals surface area contributed by atoms with Gasteiger partial charge in [0.25, 0.3) is 0 Å². The van der Waals surface area contributed by atoms with Crippen molar-refractivity contribution in [3.8, 4) is 0 Å². The molecular formula is C97H151N23O29. The maximum Gasteiger partial charge on any atom is 0.317 e. The van der Waals surface area contributed by atoms with Crippen LogP contribution in [0.4, 0.5) is 0 Å². The second-order valence-corrected chi connectivity index (χ2v) is 36.0. The van der Waals surface area contributed by atoms with Crippen LogP contribution in [0.3, 0.4) is 0 Å². The lowest BCUT2D eigenvalue weighted by Crippen LogP contribution is -2.62. The monoisotopic (exact) mass is 2100 g/mol. The van der Waals surface area contributed by atoms with Crippen molar-refractivity contribution in [2.45, 2.75) is 265 Å². The lowest BCUT2D eigenvalue weighted by Gasteiger charge is -2.30. The fraction of sp³-hybridized carbons (Fsp3) is 0.619. The van der Waals surface area contributed by atoms with Crippen LogP contribution in [-0.4, -0.2) is 382 Å². The van der Waals surface area contributed by atoms with E-state index in [9.17, 15) is 112 Å². The Balaban J connectivity index is 1.22. The summed E-state index contributed by atoms with van der Waals surface area (Å²) in [7, 11) is 1.64. The number of ether oxygens (including phenoxy) is 2. The van der Waals surface area contributed by atoms with Gasteiger partial charge in [-0.1, -0.05) is 126 Å². The first kappa shape index (κ1) is 126. The van der Waals surface area contributed by atoms with Crippen molar-refractivity contribution in [3.05, 3.63) is 90.1 Å². The van der Waals surface area contributed by atoms with Gasteiger partial charge in [0.15, 0.2) is 5.96 Å². The molecule has 5 rings (SSSR count). The number of nitrogens with two attached hydrogens (primary N) is 1. The summed E-state index contributed by atoms with van der Waals surface area (Å²) in [4.78, 5) is 269. The van der Waals surface area contributed by atoms with Crippen LogP contribution < -0.4 is 90.8 Å². The number of H-pyrrole nitrogens is 2. The number of aliphatic hydroxyl groups is 5. The first-order valence-corrected chi connectivity index (χ1v) is 50.3. The summed E-state index contributed by atoms with van der Waals surface area (Å²) in [5.74, 6) is -18.8. The Bertz CT molecular complexity index is 4870. The largest absolute Gasteiger partial charge is 0.481 e. The number of carbonyl (C=O) groups is 19. The van der Waals surface area contributed by atoms with E-state index in [0.29, 0.717) is 40.4 Å². The summed E-state index contributed by atoms with van der Waals surface area (Å²) in [6.07, 6.45) is 18.0. The molecule has 1 aliphatic rings. The zero-order valence-corrected chi connectivity index (χ0v) is 84.4. The van der Waals surface area contributed by atoms with Crippen LogP contribution in [-0.2, 0) is 120 Å². The minimum Gasteiger partial charge on any atom is -0.481 e. The first-order chi connectivity index (χ1) is 71.6.